The van der Waals surface area contributed by atoms with E-state index in [1.54, 1.807) is 13.0 Å². The molecule has 2 nitrogen and oxygen atoms in total. The van der Waals surface area contributed by atoms with Gasteiger partial charge in [-0.15, -0.1) is 0 Å². The van der Waals surface area contributed by atoms with E-state index in [2.05, 4.69) is 43.6 Å². The van der Waals surface area contributed by atoms with Crippen LogP contribution in [0, 0.1) is 0 Å². The van der Waals surface area contributed by atoms with Gasteiger partial charge in [-0.1, -0.05) is 48.9 Å². The number of ketones is 1. The van der Waals surface area contributed by atoms with Gasteiger partial charge in [0.15, 0.2) is 14.1 Å². The standard InChI is InChI=1S/C15H27BrO2Si/c1-6-19(7-2,8-3)18-15(5,11-9-13-16)12-10-14(4)17/h9-10,12-13H,6-8,11H2,1-5H3/b12-10+,13-9+/t15-/m1/s1. The van der Waals surface area contributed by atoms with Gasteiger partial charge in [0.25, 0.3) is 0 Å². The van der Waals surface area contributed by atoms with Gasteiger partial charge in [-0.25, -0.2) is 0 Å². The number of allylic oxidation sites excluding steroid dienone is 1. The summed E-state index contributed by atoms with van der Waals surface area (Å²) in [5.41, 5.74) is -0.385. The van der Waals surface area contributed by atoms with Gasteiger partial charge >= 0.3 is 0 Å². The summed E-state index contributed by atoms with van der Waals surface area (Å²) in [6.07, 6.45) is 6.36. The van der Waals surface area contributed by atoms with Crippen LogP contribution in [0.4, 0.5) is 0 Å². The van der Waals surface area contributed by atoms with Crippen molar-refractivity contribution in [3.05, 3.63) is 23.2 Å². The molecule has 0 amide bonds. The fourth-order valence-corrected chi connectivity index (χ4v) is 5.44. The van der Waals surface area contributed by atoms with Crippen molar-refractivity contribution >= 4 is 30.0 Å². The van der Waals surface area contributed by atoms with Gasteiger partial charge in [0.05, 0.1) is 5.60 Å². The van der Waals surface area contributed by atoms with Crippen molar-refractivity contribution in [1.29, 1.82) is 0 Å². The third kappa shape index (κ3) is 6.68. The molecule has 0 aliphatic heterocycles. The maximum atomic E-state index is 11.2. The molecule has 0 saturated carbocycles. The number of hydrogen-bond donors (Lipinski definition) is 0. The molecule has 1 atom stereocenters. The Morgan fingerprint density at radius 2 is 1.79 bits per heavy atom. The molecular weight excluding hydrogens is 320 g/mol. The molecule has 0 bridgehead atoms. The quantitative estimate of drug-likeness (QED) is 0.423. The Morgan fingerprint density at radius 3 is 2.16 bits per heavy atom. The van der Waals surface area contributed by atoms with Gasteiger partial charge in [-0.2, -0.15) is 0 Å². The summed E-state index contributed by atoms with van der Waals surface area (Å²) in [7, 11) is -1.69. The molecule has 0 aromatic carbocycles. The second kappa shape index (κ2) is 8.87. The van der Waals surface area contributed by atoms with E-state index in [0.717, 1.165) is 24.6 Å². The lowest BCUT2D eigenvalue weighted by Crippen LogP contribution is -2.44. The van der Waals surface area contributed by atoms with Gasteiger partial charge < -0.3 is 4.43 Å². The Morgan fingerprint density at radius 1 is 1.26 bits per heavy atom. The van der Waals surface area contributed by atoms with Crippen molar-refractivity contribution in [2.75, 3.05) is 0 Å². The van der Waals surface area contributed by atoms with Crippen molar-refractivity contribution in [3.8, 4) is 0 Å². The summed E-state index contributed by atoms with van der Waals surface area (Å²) in [6.45, 7) is 10.3. The van der Waals surface area contributed by atoms with E-state index in [9.17, 15) is 4.79 Å². The highest BCUT2D eigenvalue weighted by Crippen LogP contribution is 2.31. The van der Waals surface area contributed by atoms with Crippen LogP contribution in [0.1, 0.15) is 41.0 Å². The lowest BCUT2D eigenvalue weighted by molar-refractivity contribution is -0.112. The minimum absolute atomic E-state index is 0.0643. The first kappa shape index (κ1) is 18.8. The second-order valence-electron chi connectivity index (χ2n) is 5.17. The minimum atomic E-state index is -1.69. The van der Waals surface area contributed by atoms with Crippen molar-refractivity contribution in [2.45, 2.75) is 64.8 Å². The van der Waals surface area contributed by atoms with Crippen LogP contribution < -0.4 is 0 Å². The molecule has 0 heterocycles. The van der Waals surface area contributed by atoms with E-state index in [4.69, 9.17) is 4.43 Å². The van der Waals surface area contributed by atoms with E-state index in [1.807, 2.05) is 17.1 Å². The van der Waals surface area contributed by atoms with Gasteiger partial charge in [-0.05, 0) is 49.5 Å². The van der Waals surface area contributed by atoms with Crippen LogP contribution >= 0.6 is 15.9 Å². The molecule has 0 aromatic rings. The van der Waals surface area contributed by atoms with Crippen molar-refractivity contribution in [1.82, 2.24) is 0 Å². The van der Waals surface area contributed by atoms with Gasteiger partial charge in [0, 0.05) is 0 Å². The smallest absolute Gasteiger partial charge is 0.193 e. The molecule has 0 saturated heterocycles. The molecule has 110 valence electrons. The lowest BCUT2D eigenvalue weighted by Gasteiger charge is -2.38. The molecule has 0 N–H and O–H groups in total. The highest BCUT2D eigenvalue weighted by atomic mass is 79.9. The van der Waals surface area contributed by atoms with Gasteiger partial charge in [0.1, 0.15) is 0 Å². The molecular formula is C15H27BrO2Si. The monoisotopic (exact) mass is 346 g/mol. The molecule has 19 heavy (non-hydrogen) atoms. The summed E-state index contributed by atoms with van der Waals surface area (Å²) >= 11 is 3.30. The molecule has 0 rings (SSSR count). The first-order chi connectivity index (χ1) is 8.87. The predicted octanol–water partition coefficient (Wildman–Crippen LogP) is 5.21. The summed E-state index contributed by atoms with van der Waals surface area (Å²) in [4.78, 5) is 13.0. The maximum Gasteiger partial charge on any atom is 0.193 e. The Balaban J connectivity index is 5.18. The first-order valence-corrected chi connectivity index (χ1v) is 10.5. The Hall–Kier alpha value is -0.193. The van der Waals surface area contributed by atoms with Gasteiger partial charge in [-0.3, -0.25) is 4.79 Å². The van der Waals surface area contributed by atoms with E-state index in [0.29, 0.717) is 0 Å². The van der Waals surface area contributed by atoms with E-state index in [-0.39, 0.29) is 11.4 Å². The van der Waals surface area contributed by atoms with Crippen LogP contribution in [0.3, 0.4) is 0 Å². The fourth-order valence-electron chi connectivity index (χ4n) is 2.18. The molecule has 0 unspecified atom stereocenters. The number of rotatable bonds is 9. The van der Waals surface area contributed by atoms with Crippen molar-refractivity contribution in [2.24, 2.45) is 0 Å². The largest absolute Gasteiger partial charge is 0.408 e. The van der Waals surface area contributed by atoms with Crippen LogP contribution in [0.5, 0.6) is 0 Å². The van der Waals surface area contributed by atoms with Crippen LogP contribution in [-0.4, -0.2) is 19.7 Å². The highest BCUT2D eigenvalue weighted by molar-refractivity contribution is 9.11. The zero-order valence-corrected chi connectivity index (χ0v) is 15.4. The summed E-state index contributed by atoms with van der Waals surface area (Å²) in [5.74, 6) is 0.0643. The van der Waals surface area contributed by atoms with Crippen LogP contribution in [0.15, 0.2) is 23.2 Å². The molecule has 4 heteroatoms. The summed E-state index contributed by atoms with van der Waals surface area (Å²) in [6, 6.07) is 3.34. The van der Waals surface area contributed by atoms with E-state index in [1.165, 1.54) is 0 Å². The topological polar surface area (TPSA) is 26.3 Å². The van der Waals surface area contributed by atoms with Crippen LogP contribution in [-0.2, 0) is 9.22 Å². The summed E-state index contributed by atoms with van der Waals surface area (Å²) < 4.78 is 6.55. The molecule has 0 aromatic heterocycles. The van der Waals surface area contributed by atoms with Crippen molar-refractivity contribution < 1.29 is 9.22 Å². The second-order valence-corrected chi connectivity index (χ2v) is 10.4. The van der Waals surface area contributed by atoms with Crippen LogP contribution in [0.2, 0.25) is 18.1 Å². The molecule has 0 aliphatic carbocycles. The number of carbonyl (C=O) groups is 1. The number of carbonyl (C=O) groups excluding carboxylic acids is 1. The lowest BCUT2D eigenvalue weighted by atomic mass is 10.0. The Labute approximate surface area is 127 Å². The van der Waals surface area contributed by atoms with Gasteiger partial charge in [0.2, 0.25) is 0 Å². The molecule has 0 radical (unpaired) electrons. The van der Waals surface area contributed by atoms with Crippen molar-refractivity contribution in [3.63, 3.8) is 0 Å². The maximum absolute atomic E-state index is 11.2. The van der Waals surface area contributed by atoms with E-state index < -0.39 is 8.32 Å². The fraction of sp³-hybridized carbons (Fsp3) is 0.667. The first-order valence-electron chi connectivity index (χ1n) is 7.02. The zero-order valence-electron chi connectivity index (χ0n) is 12.8. The van der Waals surface area contributed by atoms with Crippen LogP contribution in [0.25, 0.3) is 0 Å². The third-order valence-electron chi connectivity index (χ3n) is 3.67. The average Bonchev–Trinajstić information content (AvgIpc) is 2.41. The van der Waals surface area contributed by atoms with E-state index >= 15 is 0 Å². The third-order valence-corrected chi connectivity index (χ3v) is 8.80. The average molecular weight is 347 g/mol. The number of hydrogen-bond acceptors (Lipinski definition) is 2. The highest BCUT2D eigenvalue weighted by Gasteiger charge is 2.36. The Kier molecular flexibility index (Phi) is 8.78. The predicted molar refractivity (Wildman–Crippen MR) is 89.2 cm³/mol. The Bertz CT molecular complexity index is 327. The summed E-state index contributed by atoms with van der Waals surface area (Å²) in [5, 5.41) is 0. The normalized spacial score (nSPS) is 16.1. The SMILES string of the molecule is CC[Si](CC)(CC)O[C@@](C)(/C=C/C(C)=O)C/C=C/Br. The molecule has 0 spiro atoms. The molecule has 0 fully saturated rings. The minimum Gasteiger partial charge on any atom is -0.408 e. The number of halogens is 1. The molecule has 0 aliphatic rings. The zero-order chi connectivity index (χ0) is 14.9.